The molecule has 1 atom stereocenters. The lowest BCUT2D eigenvalue weighted by atomic mass is 10.4. The summed E-state index contributed by atoms with van der Waals surface area (Å²) in [4.78, 5) is 0. The van der Waals surface area contributed by atoms with E-state index < -0.39 is 16.1 Å². The Morgan fingerprint density at radius 3 is 2.62 bits per heavy atom. The lowest BCUT2D eigenvalue weighted by Crippen LogP contribution is -2.35. The molecule has 6 nitrogen and oxygen atoms in total. The third kappa shape index (κ3) is 2.04. The highest BCUT2D eigenvalue weighted by Crippen LogP contribution is 2.23. The zero-order valence-electron chi connectivity index (χ0n) is 9.05. The third-order valence-corrected chi connectivity index (χ3v) is 4.63. The van der Waals surface area contributed by atoms with Gasteiger partial charge in [-0.3, -0.25) is 4.68 Å². The van der Waals surface area contributed by atoms with Crippen LogP contribution in [0.5, 0.6) is 0 Å². The van der Waals surface area contributed by atoms with Gasteiger partial charge in [0.05, 0.1) is 17.3 Å². The van der Waals surface area contributed by atoms with Gasteiger partial charge in [0.25, 0.3) is 10.0 Å². The molecule has 1 rings (SSSR count). The fourth-order valence-corrected chi connectivity index (χ4v) is 2.99. The second kappa shape index (κ2) is 4.41. The van der Waals surface area contributed by atoms with Gasteiger partial charge in [-0.15, -0.1) is 0 Å². The summed E-state index contributed by atoms with van der Waals surface area (Å²) >= 11 is 5.75. The molecule has 0 N–H and O–H groups in total. The molecule has 1 aromatic rings. The van der Waals surface area contributed by atoms with Crippen molar-refractivity contribution in [1.29, 1.82) is 5.26 Å². The molecule has 0 saturated heterocycles. The van der Waals surface area contributed by atoms with Crippen molar-refractivity contribution >= 4 is 21.6 Å². The van der Waals surface area contributed by atoms with E-state index in [4.69, 9.17) is 16.9 Å². The van der Waals surface area contributed by atoms with Crippen molar-refractivity contribution in [2.24, 2.45) is 7.05 Å². The third-order valence-electron chi connectivity index (χ3n) is 2.20. The Labute approximate surface area is 99.1 Å². The predicted molar refractivity (Wildman–Crippen MR) is 58.2 cm³/mol. The molecule has 0 amide bonds. The van der Waals surface area contributed by atoms with E-state index in [1.807, 2.05) is 6.07 Å². The normalized spacial score (nSPS) is 13.8. The van der Waals surface area contributed by atoms with E-state index in [9.17, 15) is 8.42 Å². The van der Waals surface area contributed by atoms with Crippen LogP contribution in [0.4, 0.5) is 0 Å². The Morgan fingerprint density at radius 1 is 1.69 bits per heavy atom. The van der Waals surface area contributed by atoms with E-state index in [1.54, 1.807) is 0 Å². The number of rotatable bonds is 3. The van der Waals surface area contributed by atoms with Gasteiger partial charge >= 0.3 is 0 Å². The highest BCUT2D eigenvalue weighted by molar-refractivity contribution is 7.89. The van der Waals surface area contributed by atoms with Gasteiger partial charge in [-0.1, -0.05) is 11.6 Å². The Balaban J connectivity index is 3.29. The zero-order chi connectivity index (χ0) is 12.5. The van der Waals surface area contributed by atoms with Gasteiger partial charge in [0.15, 0.2) is 5.03 Å². The number of nitriles is 1. The molecule has 0 aromatic carbocycles. The summed E-state index contributed by atoms with van der Waals surface area (Å²) in [6.45, 7) is 1.49. The molecule has 1 heterocycles. The largest absolute Gasteiger partial charge is 0.262 e. The summed E-state index contributed by atoms with van der Waals surface area (Å²) in [6.07, 6.45) is 1.25. The number of sulfonamides is 1. The second-order valence-corrected chi connectivity index (χ2v) is 5.57. The highest BCUT2D eigenvalue weighted by atomic mass is 35.5. The molecule has 0 aliphatic heterocycles. The summed E-state index contributed by atoms with van der Waals surface area (Å²) in [6, 6.07) is 1.08. The molecule has 16 heavy (non-hydrogen) atoms. The van der Waals surface area contributed by atoms with E-state index in [1.165, 1.54) is 27.2 Å². The zero-order valence-corrected chi connectivity index (χ0v) is 10.6. The Hall–Kier alpha value is -1.10. The SMILES string of the molecule is CC(C#N)N(C)S(=O)(=O)c1c(Cl)cnn1C. The summed E-state index contributed by atoms with van der Waals surface area (Å²) in [5, 5.41) is 12.4. The van der Waals surface area contributed by atoms with E-state index in [0.717, 1.165) is 8.99 Å². The first kappa shape index (κ1) is 13.0. The molecular weight excluding hydrogens is 252 g/mol. The van der Waals surface area contributed by atoms with Gasteiger partial charge < -0.3 is 0 Å². The molecule has 8 heteroatoms. The van der Waals surface area contributed by atoms with Crippen LogP contribution in [0.25, 0.3) is 0 Å². The monoisotopic (exact) mass is 262 g/mol. The summed E-state index contributed by atoms with van der Waals surface area (Å²) in [5.74, 6) is 0. The summed E-state index contributed by atoms with van der Waals surface area (Å²) < 4.78 is 26.2. The maximum atomic E-state index is 12.1. The quantitative estimate of drug-likeness (QED) is 0.799. The Morgan fingerprint density at radius 2 is 2.25 bits per heavy atom. The Kier molecular flexibility index (Phi) is 3.57. The van der Waals surface area contributed by atoms with Crippen molar-refractivity contribution in [2.75, 3.05) is 7.05 Å². The van der Waals surface area contributed by atoms with Crippen LogP contribution in [0.2, 0.25) is 5.02 Å². The molecule has 88 valence electrons. The fraction of sp³-hybridized carbons (Fsp3) is 0.500. The average molecular weight is 263 g/mol. The smallest absolute Gasteiger partial charge is 0.255 e. The summed E-state index contributed by atoms with van der Waals surface area (Å²) in [7, 11) is -0.987. The molecule has 0 aliphatic rings. The van der Waals surface area contributed by atoms with Gasteiger partial charge in [-0.25, -0.2) is 8.42 Å². The average Bonchev–Trinajstić information content (AvgIpc) is 2.56. The highest BCUT2D eigenvalue weighted by Gasteiger charge is 2.30. The minimum absolute atomic E-state index is 0.0412. The van der Waals surface area contributed by atoms with Crippen LogP contribution in [-0.4, -0.2) is 35.6 Å². The van der Waals surface area contributed by atoms with Crippen molar-refractivity contribution in [3.63, 3.8) is 0 Å². The van der Waals surface area contributed by atoms with Crippen molar-refractivity contribution in [3.8, 4) is 6.07 Å². The van der Waals surface area contributed by atoms with E-state index in [-0.39, 0.29) is 10.0 Å². The van der Waals surface area contributed by atoms with Gasteiger partial charge in [0.2, 0.25) is 0 Å². The number of halogens is 1. The van der Waals surface area contributed by atoms with Crippen molar-refractivity contribution in [3.05, 3.63) is 11.2 Å². The van der Waals surface area contributed by atoms with Crippen molar-refractivity contribution < 1.29 is 8.42 Å². The molecule has 0 fully saturated rings. The summed E-state index contributed by atoms with van der Waals surface area (Å²) in [5.41, 5.74) is 0. The maximum Gasteiger partial charge on any atom is 0.262 e. The number of aromatic nitrogens is 2. The van der Waals surface area contributed by atoms with E-state index in [2.05, 4.69) is 5.10 Å². The van der Waals surface area contributed by atoms with Gasteiger partial charge in [-0.05, 0) is 6.92 Å². The van der Waals surface area contributed by atoms with Gasteiger partial charge in [0.1, 0.15) is 6.04 Å². The van der Waals surface area contributed by atoms with Crippen molar-refractivity contribution in [1.82, 2.24) is 14.1 Å². The Bertz CT molecular complexity index is 511. The van der Waals surface area contributed by atoms with E-state index in [0.29, 0.717) is 0 Å². The van der Waals surface area contributed by atoms with Crippen molar-refractivity contribution in [2.45, 2.75) is 18.0 Å². The molecule has 0 spiro atoms. The molecule has 0 saturated carbocycles. The number of nitrogens with zero attached hydrogens (tertiary/aromatic N) is 4. The minimum Gasteiger partial charge on any atom is -0.255 e. The molecule has 1 unspecified atom stereocenters. The van der Waals surface area contributed by atoms with Crippen LogP contribution in [0, 0.1) is 11.3 Å². The van der Waals surface area contributed by atoms with Crippen LogP contribution >= 0.6 is 11.6 Å². The topological polar surface area (TPSA) is 79.0 Å². The lowest BCUT2D eigenvalue weighted by Gasteiger charge is -2.19. The van der Waals surface area contributed by atoms with Crippen LogP contribution in [0.15, 0.2) is 11.2 Å². The molecule has 0 aliphatic carbocycles. The molecular formula is C8H11ClN4O2S. The van der Waals surface area contributed by atoms with Gasteiger partial charge in [-0.2, -0.15) is 14.7 Å². The fourth-order valence-electron chi connectivity index (χ4n) is 1.12. The standard InChI is InChI=1S/C8H11ClN4O2S/c1-6(4-10)13(3)16(14,15)8-7(9)5-11-12(8)2/h5-6H,1-3H3. The van der Waals surface area contributed by atoms with Crippen LogP contribution < -0.4 is 0 Å². The molecule has 0 bridgehead atoms. The van der Waals surface area contributed by atoms with E-state index >= 15 is 0 Å². The molecule has 0 radical (unpaired) electrons. The lowest BCUT2D eigenvalue weighted by molar-refractivity contribution is 0.434. The first-order chi connectivity index (χ1) is 7.32. The number of hydrogen-bond donors (Lipinski definition) is 0. The number of hydrogen-bond acceptors (Lipinski definition) is 4. The van der Waals surface area contributed by atoms with Crippen LogP contribution in [0.3, 0.4) is 0 Å². The number of aryl methyl sites for hydroxylation is 1. The minimum atomic E-state index is -3.79. The maximum absolute atomic E-state index is 12.1. The van der Waals surface area contributed by atoms with Crippen LogP contribution in [-0.2, 0) is 17.1 Å². The first-order valence-electron chi connectivity index (χ1n) is 4.37. The van der Waals surface area contributed by atoms with Crippen LogP contribution in [0.1, 0.15) is 6.92 Å². The second-order valence-electron chi connectivity index (χ2n) is 3.25. The first-order valence-corrected chi connectivity index (χ1v) is 6.19. The van der Waals surface area contributed by atoms with Gasteiger partial charge in [0, 0.05) is 14.1 Å². The molecule has 1 aromatic heterocycles. The predicted octanol–water partition coefficient (Wildman–Crippen LogP) is 0.606.